The number of thiazole rings is 1. The first kappa shape index (κ1) is 16.3. The van der Waals surface area contributed by atoms with E-state index in [4.69, 9.17) is 10.5 Å². The van der Waals surface area contributed by atoms with Crippen LogP contribution in [-0.4, -0.2) is 30.6 Å². The van der Waals surface area contributed by atoms with Gasteiger partial charge in [0.15, 0.2) is 0 Å². The minimum Gasteiger partial charge on any atom is -0.382 e. The van der Waals surface area contributed by atoms with E-state index in [9.17, 15) is 4.79 Å². The molecule has 0 radical (unpaired) electrons. The molecule has 0 aromatic carbocycles. The largest absolute Gasteiger partial charge is 0.382 e. The number of hydrogen-bond acceptors (Lipinski definition) is 5. The van der Waals surface area contributed by atoms with Crippen LogP contribution < -0.4 is 11.1 Å². The molecule has 0 fully saturated rings. The third kappa shape index (κ3) is 5.97. The van der Waals surface area contributed by atoms with E-state index in [0.29, 0.717) is 32.0 Å². The molecule has 7 heteroatoms. The Morgan fingerprint density at radius 3 is 3.00 bits per heavy atom. The van der Waals surface area contributed by atoms with Crippen molar-refractivity contribution >= 4 is 29.7 Å². The van der Waals surface area contributed by atoms with Crippen LogP contribution in [0.3, 0.4) is 0 Å². The normalized spacial score (nSPS) is 9.76. The first-order valence-electron chi connectivity index (χ1n) is 5.28. The van der Waals surface area contributed by atoms with Crippen LogP contribution >= 0.6 is 23.7 Å². The van der Waals surface area contributed by atoms with Gasteiger partial charge in [-0.05, 0) is 13.3 Å². The molecule has 0 bridgehead atoms. The molecular formula is C10H18ClN3O2S. The average Bonchev–Trinajstić information content (AvgIpc) is 2.77. The first-order chi connectivity index (χ1) is 7.77. The monoisotopic (exact) mass is 279 g/mol. The number of hydrogen-bond donors (Lipinski definition) is 2. The van der Waals surface area contributed by atoms with Crippen LogP contribution in [0.4, 0.5) is 0 Å². The molecule has 1 amide bonds. The number of rotatable bonds is 7. The lowest BCUT2D eigenvalue weighted by Crippen LogP contribution is -2.25. The molecule has 0 atom stereocenters. The van der Waals surface area contributed by atoms with Crippen LogP contribution in [0.25, 0.3) is 0 Å². The second-order valence-electron chi connectivity index (χ2n) is 3.14. The van der Waals surface area contributed by atoms with Crippen molar-refractivity contribution in [1.29, 1.82) is 0 Å². The molecule has 1 aromatic heterocycles. The molecule has 1 aromatic rings. The highest BCUT2D eigenvalue weighted by Gasteiger charge is 2.08. The predicted molar refractivity (Wildman–Crippen MR) is 70.7 cm³/mol. The molecular weight excluding hydrogens is 262 g/mol. The summed E-state index contributed by atoms with van der Waals surface area (Å²) in [5, 5.41) is 5.28. The fraction of sp³-hybridized carbons (Fsp3) is 0.600. The van der Waals surface area contributed by atoms with E-state index in [0.717, 1.165) is 11.4 Å². The molecule has 0 unspecified atom stereocenters. The van der Waals surface area contributed by atoms with Crippen molar-refractivity contribution in [1.82, 2.24) is 10.3 Å². The molecule has 0 saturated carbocycles. The minimum absolute atomic E-state index is 0. The van der Waals surface area contributed by atoms with Crippen molar-refractivity contribution in [3.63, 3.8) is 0 Å². The van der Waals surface area contributed by atoms with Gasteiger partial charge < -0.3 is 15.8 Å². The Morgan fingerprint density at radius 2 is 2.41 bits per heavy atom. The van der Waals surface area contributed by atoms with Gasteiger partial charge in [0.05, 0.1) is 0 Å². The zero-order valence-corrected chi connectivity index (χ0v) is 11.4. The van der Waals surface area contributed by atoms with Gasteiger partial charge in [0, 0.05) is 31.7 Å². The standard InChI is InChI=1S/C10H17N3O2S.ClH/c1-2-15-5-3-4-12-10(14)8-7-16-9(6-11)13-8;/h7H,2-6,11H2,1H3,(H,12,14);1H. The highest BCUT2D eigenvalue weighted by atomic mass is 35.5. The summed E-state index contributed by atoms with van der Waals surface area (Å²) in [6.07, 6.45) is 0.813. The van der Waals surface area contributed by atoms with Crippen LogP contribution in [0.5, 0.6) is 0 Å². The van der Waals surface area contributed by atoms with Crippen molar-refractivity contribution in [3.05, 3.63) is 16.1 Å². The highest BCUT2D eigenvalue weighted by Crippen LogP contribution is 2.08. The van der Waals surface area contributed by atoms with Gasteiger partial charge in [-0.2, -0.15) is 0 Å². The lowest BCUT2D eigenvalue weighted by Gasteiger charge is -2.03. The molecule has 1 rings (SSSR count). The smallest absolute Gasteiger partial charge is 0.270 e. The summed E-state index contributed by atoms with van der Waals surface area (Å²) in [5.74, 6) is -0.146. The van der Waals surface area contributed by atoms with Gasteiger partial charge in [0.1, 0.15) is 10.7 Å². The molecule has 0 spiro atoms. The van der Waals surface area contributed by atoms with Gasteiger partial charge in [0.25, 0.3) is 5.91 Å². The van der Waals surface area contributed by atoms with E-state index in [2.05, 4.69) is 10.3 Å². The van der Waals surface area contributed by atoms with Crippen LogP contribution in [-0.2, 0) is 11.3 Å². The number of halogens is 1. The van der Waals surface area contributed by atoms with Crippen molar-refractivity contribution in [2.24, 2.45) is 5.73 Å². The lowest BCUT2D eigenvalue weighted by molar-refractivity contribution is 0.0940. The molecule has 5 nitrogen and oxygen atoms in total. The second-order valence-corrected chi connectivity index (χ2v) is 4.08. The third-order valence-corrected chi connectivity index (χ3v) is 2.79. The van der Waals surface area contributed by atoms with E-state index < -0.39 is 0 Å². The Bertz CT molecular complexity index is 333. The van der Waals surface area contributed by atoms with Crippen LogP contribution in [0.1, 0.15) is 28.8 Å². The lowest BCUT2D eigenvalue weighted by atomic mass is 10.4. The minimum atomic E-state index is -0.146. The average molecular weight is 280 g/mol. The van der Waals surface area contributed by atoms with E-state index in [1.54, 1.807) is 5.38 Å². The Labute approximate surface area is 111 Å². The number of nitrogens with one attached hydrogen (secondary N) is 1. The van der Waals surface area contributed by atoms with Gasteiger partial charge in [-0.1, -0.05) is 0 Å². The Kier molecular flexibility index (Phi) is 8.97. The van der Waals surface area contributed by atoms with Gasteiger partial charge >= 0.3 is 0 Å². The van der Waals surface area contributed by atoms with Gasteiger partial charge in [-0.25, -0.2) is 4.98 Å². The molecule has 0 saturated heterocycles. The number of ether oxygens (including phenoxy) is 1. The second kappa shape index (κ2) is 9.35. The first-order valence-corrected chi connectivity index (χ1v) is 6.16. The number of carbonyl (C=O) groups excluding carboxylic acids is 1. The number of nitrogens with two attached hydrogens (primary N) is 1. The predicted octanol–water partition coefficient (Wildman–Crippen LogP) is 1.18. The van der Waals surface area contributed by atoms with Gasteiger partial charge in [0.2, 0.25) is 0 Å². The van der Waals surface area contributed by atoms with Crippen LogP contribution in [0, 0.1) is 0 Å². The Morgan fingerprint density at radius 1 is 1.65 bits per heavy atom. The highest BCUT2D eigenvalue weighted by molar-refractivity contribution is 7.09. The van der Waals surface area contributed by atoms with Crippen molar-refractivity contribution in [3.8, 4) is 0 Å². The summed E-state index contributed by atoms with van der Waals surface area (Å²) in [7, 11) is 0. The summed E-state index contributed by atoms with van der Waals surface area (Å²) in [4.78, 5) is 15.7. The molecule has 1 heterocycles. The molecule has 0 aliphatic heterocycles. The number of carbonyl (C=O) groups is 1. The van der Waals surface area contributed by atoms with E-state index in [1.807, 2.05) is 6.92 Å². The summed E-state index contributed by atoms with van der Waals surface area (Å²) in [5.41, 5.74) is 5.86. The number of aromatic nitrogens is 1. The molecule has 3 N–H and O–H groups in total. The van der Waals surface area contributed by atoms with Crippen molar-refractivity contribution in [2.45, 2.75) is 19.9 Å². The third-order valence-electron chi connectivity index (χ3n) is 1.91. The maximum Gasteiger partial charge on any atom is 0.270 e. The van der Waals surface area contributed by atoms with Crippen molar-refractivity contribution < 1.29 is 9.53 Å². The molecule has 0 aliphatic carbocycles. The number of amides is 1. The van der Waals surface area contributed by atoms with E-state index in [-0.39, 0.29) is 18.3 Å². The van der Waals surface area contributed by atoms with Crippen LogP contribution in [0.15, 0.2) is 5.38 Å². The summed E-state index contributed by atoms with van der Waals surface area (Å²) >= 11 is 1.40. The topological polar surface area (TPSA) is 77.2 Å². The van der Waals surface area contributed by atoms with E-state index >= 15 is 0 Å². The zero-order chi connectivity index (χ0) is 11.8. The molecule has 0 aliphatic rings. The van der Waals surface area contributed by atoms with Crippen LogP contribution in [0.2, 0.25) is 0 Å². The fourth-order valence-electron chi connectivity index (χ4n) is 1.12. The quantitative estimate of drug-likeness (QED) is 0.735. The Hall–Kier alpha value is -0.690. The van der Waals surface area contributed by atoms with E-state index in [1.165, 1.54) is 11.3 Å². The van der Waals surface area contributed by atoms with Gasteiger partial charge in [-0.15, -0.1) is 23.7 Å². The molecule has 17 heavy (non-hydrogen) atoms. The summed E-state index contributed by atoms with van der Waals surface area (Å²) in [6, 6.07) is 0. The Balaban J connectivity index is 0.00000256. The maximum atomic E-state index is 11.6. The maximum absolute atomic E-state index is 11.6. The van der Waals surface area contributed by atoms with Gasteiger partial charge in [-0.3, -0.25) is 4.79 Å². The SMILES string of the molecule is CCOCCCNC(=O)c1csc(CN)n1.Cl. The zero-order valence-electron chi connectivity index (χ0n) is 9.77. The number of nitrogens with zero attached hydrogens (tertiary/aromatic N) is 1. The summed E-state index contributed by atoms with van der Waals surface area (Å²) < 4.78 is 5.16. The molecule has 98 valence electrons. The summed E-state index contributed by atoms with van der Waals surface area (Å²) in [6.45, 7) is 4.31. The fourth-order valence-corrected chi connectivity index (χ4v) is 1.77. The van der Waals surface area contributed by atoms with Crippen molar-refractivity contribution in [2.75, 3.05) is 19.8 Å².